The number of amides is 1. The Kier molecular flexibility index (Phi) is 7.91. The van der Waals surface area contributed by atoms with Crippen LogP contribution < -0.4 is 14.9 Å². The molecule has 0 radical (unpaired) electrons. The van der Waals surface area contributed by atoms with Gasteiger partial charge in [0.15, 0.2) is 0 Å². The summed E-state index contributed by atoms with van der Waals surface area (Å²) in [4.78, 5) is 12.6. The van der Waals surface area contributed by atoms with Gasteiger partial charge in [0.2, 0.25) is 5.91 Å². The molecule has 5 nitrogen and oxygen atoms in total. The summed E-state index contributed by atoms with van der Waals surface area (Å²) >= 11 is 12.3. The van der Waals surface area contributed by atoms with Crippen LogP contribution >= 0.6 is 23.2 Å². The third-order valence-electron chi connectivity index (χ3n) is 6.32. The molecule has 3 aromatic carbocycles. The summed E-state index contributed by atoms with van der Waals surface area (Å²) in [5.74, 6) is 1.29. The second-order valence-corrected chi connectivity index (χ2v) is 10.8. The van der Waals surface area contributed by atoms with Crippen molar-refractivity contribution in [2.75, 3.05) is 7.11 Å². The monoisotopic (exact) mass is 524 g/mol. The molecule has 0 aromatic heterocycles. The summed E-state index contributed by atoms with van der Waals surface area (Å²) in [6.45, 7) is 6.82. The van der Waals surface area contributed by atoms with Gasteiger partial charge in [0.05, 0.1) is 18.3 Å². The summed E-state index contributed by atoms with van der Waals surface area (Å²) in [6.07, 6.45) is 2.45. The first-order chi connectivity index (χ1) is 17.2. The molecule has 7 heteroatoms. The zero-order valence-corrected chi connectivity index (χ0v) is 22.4. The fourth-order valence-corrected chi connectivity index (χ4v) is 4.43. The number of hydrazone groups is 1. The smallest absolute Gasteiger partial charge is 0.243 e. The van der Waals surface area contributed by atoms with Crippen LogP contribution in [0, 0.1) is 5.92 Å². The average Bonchev–Trinajstić information content (AvgIpc) is 3.66. The van der Waals surface area contributed by atoms with E-state index in [0.717, 1.165) is 17.5 Å². The van der Waals surface area contributed by atoms with E-state index in [4.69, 9.17) is 32.7 Å². The van der Waals surface area contributed by atoms with E-state index in [2.05, 4.69) is 55.6 Å². The first-order valence-electron chi connectivity index (χ1n) is 11.8. The molecule has 1 aliphatic carbocycles. The number of hydrogen-bond donors (Lipinski definition) is 1. The maximum atomic E-state index is 12.6. The maximum absolute atomic E-state index is 12.6. The van der Waals surface area contributed by atoms with Crippen molar-refractivity contribution in [1.82, 2.24) is 5.43 Å². The predicted molar refractivity (Wildman–Crippen MR) is 146 cm³/mol. The Balaban J connectivity index is 1.35. The molecule has 0 saturated heterocycles. The highest BCUT2D eigenvalue weighted by Gasteiger charge is 2.44. The molecule has 1 saturated carbocycles. The largest absolute Gasteiger partial charge is 0.496 e. The molecule has 36 heavy (non-hydrogen) atoms. The van der Waals surface area contributed by atoms with E-state index in [1.807, 2.05) is 18.2 Å². The van der Waals surface area contributed by atoms with E-state index in [-0.39, 0.29) is 29.8 Å². The van der Waals surface area contributed by atoms with Crippen LogP contribution in [0.3, 0.4) is 0 Å². The number of benzene rings is 3. The molecule has 0 spiro atoms. The van der Waals surface area contributed by atoms with Gasteiger partial charge in [-0.2, -0.15) is 5.10 Å². The van der Waals surface area contributed by atoms with E-state index < -0.39 is 0 Å². The highest BCUT2D eigenvalue weighted by Crippen LogP contribution is 2.47. The average molecular weight is 525 g/mol. The number of halogens is 2. The lowest BCUT2D eigenvalue weighted by molar-refractivity contribution is -0.122. The molecular formula is C29H30Cl2N2O3. The van der Waals surface area contributed by atoms with Crippen LogP contribution in [0.15, 0.2) is 65.8 Å². The van der Waals surface area contributed by atoms with E-state index in [9.17, 15) is 4.79 Å². The van der Waals surface area contributed by atoms with Crippen molar-refractivity contribution >= 4 is 35.3 Å². The van der Waals surface area contributed by atoms with Crippen molar-refractivity contribution in [3.63, 3.8) is 0 Å². The van der Waals surface area contributed by atoms with E-state index >= 15 is 0 Å². The normalized spacial score (nSPS) is 17.2. The zero-order valence-electron chi connectivity index (χ0n) is 20.8. The van der Waals surface area contributed by atoms with Gasteiger partial charge in [-0.25, -0.2) is 5.43 Å². The van der Waals surface area contributed by atoms with Crippen molar-refractivity contribution in [1.29, 1.82) is 0 Å². The van der Waals surface area contributed by atoms with Crippen LogP contribution in [0.25, 0.3) is 0 Å². The highest BCUT2D eigenvalue weighted by molar-refractivity contribution is 6.42. The Morgan fingerprint density at radius 2 is 1.83 bits per heavy atom. The lowest BCUT2D eigenvalue weighted by Gasteiger charge is -2.19. The Morgan fingerprint density at radius 3 is 2.53 bits per heavy atom. The fourth-order valence-electron chi connectivity index (χ4n) is 4.08. The molecule has 1 amide bonds. The molecule has 0 heterocycles. The van der Waals surface area contributed by atoms with Crippen molar-refractivity contribution in [2.45, 2.75) is 45.1 Å². The summed E-state index contributed by atoms with van der Waals surface area (Å²) < 4.78 is 11.3. The van der Waals surface area contributed by atoms with Gasteiger partial charge in [0.25, 0.3) is 0 Å². The fraction of sp³-hybridized carbons (Fsp3) is 0.310. The first-order valence-corrected chi connectivity index (χ1v) is 12.6. The van der Waals surface area contributed by atoms with Gasteiger partial charge in [0.1, 0.15) is 23.1 Å². The van der Waals surface area contributed by atoms with Crippen LogP contribution in [0.2, 0.25) is 10.0 Å². The lowest BCUT2D eigenvalue weighted by Crippen LogP contribution is -2.20. The minimum absolute atomic E-state index is 0.0510. The van der Waals surface area contributed by atoms with Crippen LogP contribution in [-0.2, 0) is 16.8 Å². The van der Waals surface area contributed by atoms with Gasteiger partial charge in [0, 0.05) is 11.5 Å². The molecule has 188 valence electrons. The van der Waals surface area contributed by atoms with Gasteiger partial charge in [-0.05, 0) is 64.8 Å². The second kappa shape index (κ2) is 10.9. The standard InChI is InChI=1S/C29H30Cl2N2O3/c1-29(2,3)21-11-9-19(10-12-21)22-15-23(22)28(34)33-32-16-18-8-13-25(35-4)20(14-18)17-36-26-7-5-6-24(30)27(26)31/h5-14,16,22-23H,15,17H2,1-4H3,(H,33,34)/b32-16+/t22-,23+/m1/s1. The summed E-state index contributed by atoms with van der Waals surface area (Å²) in [5.41, 5.74) is 6.90. The van der Waals surface area contributed by atoms with Crippen LogP contribution in [0.1, 0.15) is 55.4 Å². The van der Waals surface area contributed by atoms with Crippen LogP contribution in [-0.4, -0.2) is 19.2 Å². The molecule has 0 bridgehead atoms. The van der Waals surface area contributed by atoms with E-state index in [1.165, 1.54) is 11.1 Å². The zero-order chi connectivity index (χ0) is 25.9. The van der Waals surface area contributed by atoms with Gasteiger partial charge < -0.3 is 9.47 Å². The van der Waals surface area contributed by atoms with Crippen LogP contribution in [0.4, 0.5) is 0 Å². The molecule has 1 aliphatic rings. The van der Waals surface area contributed by atoms with Crippen LogP contribution in [0.5, 0.6) is 11.5 Å². The van der Waals surface area contributed by atoms with Gasteiger partial charge in [-0.3, -0.25) is 4.79 Å². The number of nitrogens with one attached hydrogen (secondary N) is 1. The summed E-state index contributed by atoms with van der Waals surface area (Å²) in [5, 5.41) is 4.96. The number of carbonyl (C=O) groups is 1. The van der Waals surface area contributed by atoms with E-state index in [0.29, 0.717) is 21.5 Å². The Bertz CT molecular complexity index is 1270. The lowest BCUT2D eigenvalue weighted by atomic mass is 9.86. The quantitative estimate of drug-likeness (QED) is 0.251. The topological polar surface area (TPSA) is 59.9 Å². The van der Waals surface area contributed by atoms with Crippen molar-refractivity contribution in [3.8, 4) is 11.5 Å². The van der Waals surface area contributed by atoms with Gasteiger partial charge in [-0.1, -0.05) is 74.3 Å². The molecule has 0 aliphatic heterocycles. The molecule has 1 N–H and O–H groups in total. The molecule has 2 atom stereocenters. The number of methoxy groups -OCH3 is 1. The Labute approximate surface area is 222 Å². The van der Waals surface area contributed by atoms with Crippen molar-refractivity contribution < 1.29 is 14.3 Å². The first kappa shape index (κ1) is 26.1. The maximum Gasteiger partial charge on any atom is 0.243 e. The second-order valence-electron chi connectivity index (χ2n) is 9.97. The van der Waals surface area contributed by atoms with Crippen molar-refractivity contribution in [3.05, 3.63) is 93.0 Å². The summed E-state index contributed by atoms with van der Waals surface area (Å²) in [6, 6.07) is 19.4. The molecule has 3 aromatic rings. The van der Waals surface area contributed by atoms with Gasteiger partial charge >= 0.3 is 0 Å². The molecule has 4 rings (SSSR count). The molecule has 1 fully saturated rings. The minimum Gasteiger partial charge on any atom is -0.496 e. The minimum atomic E-state index is -0.0659. The highest BCUT2D eigenvalue weighted by atomic mass is 35.5. The number of nitrogens with zero attached hydrogens (tertiary/aromatic N) is 1. The predicted octanol–water partition coefficient (Wildman–Crippen LogP) is 7.13. The Morgan fingerprint density at radius 1 is 1.08 bits per heavy atom. The van der Waals surface area contributed by atoms with Gasteiger partial charge in [-0.15, -0.1) is 0 Å². The number of carbonyl (C=O) groups excluding carboxylic acids is 1. The third-order valence-corrected chi connectivity index (χ3v) is 7.13. The number of rotatable bonds is 8. The number of hydrogen-bond acceptors (Lipinski definition) is 4. The third kappa shape index (κ3) is 6.21. The number of ether oxygens (including phenoxy) is 2. The molecule has 0 unspecified atom stereocenters. The molecular weight excluding hydrogens is 495 g/mol. The van der Waals surface area contributed by atoms with E-state index in [1.54, 1.807) is 31.5 Å². The van der Waals surface area contributed by atoms with Crippen molar-refractivity contribution in [2.24, 2.45) is 11.0 Å². The Hall–Kier alpha value is -3.02. The summed E-state index contributed by atoms with van der Waals surface area (Å²) in [7, 11) is 1.60. The SMILES string of the molecule is COc1ccc(/C=N/NC(=O)[C@H]2C[C@@H]2c2ccc(C(C)(C)C)cc2)cc1COc1cccc(Cl)c1Cl.